The van der Waals surface area contributed by atoms with Crippen molar-refractivity contribution < 1.29 is 4.74 Å². The van der Waals surface area contributed by atoms with Crippen LogP contribution in [-0.4, -0.2) is 135 Å². The van der Waals surface area contributed by atoms with Crippen LogP contribution in [0.5, 0.6) is 5.75 Å². The first kappa shape index (κ1) is 99.7. The average Bonchev–Trinajstić information content (AvgIpc) is 1.56. The highest BCUT2D eigenvalue weighted by molar-refractivity contribution is 6.31. The van der Waals surface area contributed by atoms with Gasteiger partial charge in [-0.2, -0.15) is 0 Å². The van der Waals surface area contributed by atoms with Crippen LogP contribution >= 0.6 is 23.2 Å². The predicted octanol–water partition coefficient (Wildman–Crippen LogP) is 21.6. The summed E-state index contributed by atoms with van der Waals surface area (Å²) in [4.78, 5) is 2.57. The Balaban J connectivity index is 0.000000176. The molecule has 13 rings (SSSR count). The van der Waals surface area contributed by atoms with E-state index in [1.54, 1.807) is 7.11 Å². The summed E-state index contributed by atoms with van der Waals surface area (Å²) in [6.07, 6.45) is 21.3. The molecule has 3 saturated carbocycles. The van der Waals surface area contributed by atoms with Gasteiger partial charge in [-0.05, 0) is 279 Å². The zero-order chi connectivity index (χ0) is 87.7. The normalized spacial score (nSPS) is 16.1. The molecule has 2 bridgehead atoms. The van der Waals surface area contributed by atoms with Gasteiger partial charge in [0.15, 0.2) is 0 Å². The quantitative estimate of drug-likeness (QED) is 0.0134. The van der Waals surface area contributed by atoms with E-state index in [-0.39, 0.29) is 0 Å². The van der Waals surface area contributed by atoms with E-state index < -0.39 is 0 Å². The maximum absolute atomic E-state index is 6.17. The second-order valence-electron chi connectivity index (χ2n) is 35.3. The van der Waals surface area contributed by atoms with Gasteiger partial charge < -0.3 is 52.6 Å². The molecule has 0 amide bonds. The zero-order valence-corrected chi connectivity index (χ0v) is 78.4. The van der Waals surface area contributed by atoms with Gasteiger partial charge in [-0.15, -0.1) is 6.58 Å². The van der Waals surface area contributed by atoms with E-state index in [9.17, 15) is 0 Å². The van der Waals surface area contributed by atoms with Gasteiger partial charge in [-0.3, -0.25) is 4.90 Å². The van der Waals surface area contributed by atoms with Crippen molar-refractivity contribution >= 4 is 23.2 Å². The average molecular weight is 1710 g/mol. The third-order valence-electron chi connectivity index (χ3n) is 25.9. The van der Waals surface area contributed by atoms with Gasteiger partial charge in [0.05, 0.1) is 7.11 Å². The summed E-state index contributed by atoms with van der Waals surface area (Å²) in [5, 5.41) is 34.4. The lowest BCUT2D eigenvalue weighted by atomic mass is 9.69. The number of nitrogens with zero attached hydrogens (tertiary/aromatic N) is 1. The van der Waals surface area contributed by atoms with Crippen LogP contribution in [0.25, 0.3) is 0 Å². The molecule has 5 atom stereocenters. The fraction of sp³-hybridized carbons (Fsp3) is 0.441. The van der Waals surface area contributed by atoms with Crippen LogP contribution < -0.4 is 52.6 Å². The fourth-order valence-electron chi connectivity index (χ4n) is 17.6. The van der Waals surface area contributed by atoms with Crippen molar-refractivity contribution in [2.45, 2.75) is 182 Å². The fourth-order valence-corrected chi connectivity index (χ4v) is 18.1. The molecule has 3 fully saturated rings. The molecular weight excluding hydrogens is 1560 g/mol. The molecule has 3 aliphatic rings. The SMILES string of the molecule is C=CCN(CCNCCc1ccccc1Cl)C1CCCC1.COc1ccc(C)c(CCNCCNC2CC3CCC2(C)C3(C)C)c1.Cc1ccc(CCNC(CNCCCc2ccccc2)c2ccccc2)cc1.Cc1ccc(CCNCC(NCCc2ccc(C)cc2)c2ccccc2)cc1.Cc1cccc(CCNCCNCCc2ccccc2Cl)c1. The van der Waals surface area contributed by atoms with Crippen LogP contribution in [0.3, 0.4) is 0 Å². The number of rotatable bonds is 47. The molecule has 0 aromatic heterocycles. The summed E-state index contributed by atoms with van der Waals surface area (Å²) >= 11 is 12.3. The summed E-state index contributed by atoms with van der Waals surface area (Å²) in [6.45, 7) is 39.2. The summed E-state index contributed by atoms with van der Waals surface area (Å²) in [6, 6.07) is 92.1. The Kier molecular flexibility index (Phi) is 45.7. The van der Waals surface area contributed by atoms with E-state index in [2.05, 4.69) is 327 Å². The molecule has 13 heteroatoms. The molecule has 124 heavy (non-hydrogen) atoms. The van der Waals surface area contributed by atoms with Gasteiger partial charge in [0, 0.05) is 93.1 Å². The lowest BCUT2D eigenvalue weighted by molar-refractivity contribution is 0.121. The second kappa shape index (κ2) is 56.9. The molecule has 3 aliphatic carbocycles. The lowest BCUT2D eigenvalue weighted by Gasteiger charge is -2.39. The van der Waals surface area contributed by atoms with E-state index in [1.807, 2.05) is 48.5 Å². The van der Waals surface area contributed by atoms with Crippen LogP contribution in [0.4, 0.5) is 0 Å². The Morgan fingerprint density at radius 3 is 1.35 bits per heavy atom. The summed E-state index contributed by atoms with van der Waals surface area (Å²) < 4.78 is 5.33. The predicted molar refractivity (Wildman–Crippen MR) is 533 cm³/mol. The van der Waals surface area contributed by atoms with Crippen molar-refractivity contribution in [3.8, 4) is 5.75 Å². The molecule has 666 valence electrons. The monoisotopic (exact) mass is 1710 g/mol. The Labute approximate surface area is 759 Å². The first-order chi connectivity index (χ1) is 60.5. The number of aryl methyl sites for hydroxylation is 6. The molecule has 0 saturated heterocycles. The Bertz CT molecular complexity index is 4500. The van der Waals surface area contributed by atoms with E-state index in [0.717, 1.165) is 197 Å². The number of halogens is 2. The maximum Gasteiger partial charge on any atom is 0.119 e. The van der Waals surface area contributed by atoms with Crippen molar-refractivity contribution in [2.24, 2.45) is 16.7 Å². The largest absolute Gasteiger partial charge is 0.497 e. The highest BCUT2D eigenvalue weighted by Crippen LogP contribution is 2.65. The molecule has 10 aromatic carbocycles. The minimum Gasteiger partial charge on any atom is -0.497 e. The Morgan fingerprint density at radius 2 is 0.855 bits per heavy atom. The molecule has 5 unspecified atom stereocenters. The number of hydrogen-bond donors (Lipinski definition) is 9. The second-order valence-corrected chi connectivity index (χ2v) is 36.2. The Morgan fingerprint density at radius 1 is 0.411 bits per heavy atom. The van der Waals surface area contributed by atoms with Gasteiger partial charge in [-0.25, -0.2) is 0 Å². The lowest BCUT2D eigenvalue weighted by Crippen LogP contribution is -2.46. The maximum atomic E-state index is 6.17. The van der Waals surface area contributed by atoms with Gasteiger partial charge in [0.1, 0.15) is 5.75 Å². The number of nitrogens with one attached hydrogen (secondary N) is 9. The van der Waals surface area contributed by atoms with Crippen LogP contribution in [-0.2, 0) is 51.4 Å². The summed E-state index contributed by atoms with van der Waals surface area (Å²) in [5.41, 5.74) is 21.1. The van der Waals surface area contributed by atoms with E-state index >= 15 is 0 Å². The van der Waals surface area contributed by atoms with Crippen LogP contribution in [0.1, 0.15) is 168 Å². The van der Waals surface area contributed by atoms with Crippen molar-refractivity contribution in [1.29, 1.82) is 0 Å². The summed E-state index contributed by atoms with van der Waals surface area (Å²) in [7, 11) is 1.73. The third-order valence-corrected chi connectivity index (χ3v) is 26.7. The highest BCUT2D eigenvalue weighted by atomic mass is 35.5. The van der Waals surface area contributed by atoms with E-state index in [4.69, 9.17) is 27.9 Å². The molecule has 0 aliphatic heterocycles. The number of ether oxygens (including phenoxy) is 1. The highest BCUT2D eigenvalue weighted by Gasteiger charge is 2.61. The molecular formula is C111H152Cl2N10O. The number of benzene rings is 10. The molecule has 0 heterocycles. The molecule has 0 radical (unpaired) electrons. The van der Waals surface area contributed by atoms with Crippen molar-refractivity contribution in [1.82, 2.24) is 52.8 Å². The van der Waals surface area contributed by atoms with Gasteiger partial charge in [0.2, 0.25) is 0 Å². The van der Waals surface area contributed by atoms with Gasteiger partial charge >= 0.3 is 0 Å². The van der Waals surface area contributed by atoms with E-state index in [1.165, 1.54) is 128 Å². The first-order valence-electron chi connectivity index (χ1n) is 46.7. The van der Waals surface area contributed by atoms with Gasteiger partial charge in [-0.1, -0.05) is 316 Å². The molecule has 0 spiro atoms. The Hall–Kier alpha value is -8.08. The smallest absolute Gasteiger partial charge is 0.119 e. The third kappa shape index (κ3) is 36.0. The topological polar surface area (TPSA) is 121 Å². The molecule has 11 nitrogen and oxygen atoms in total. The minimum absolute atomic E-state index is 0.324. The molecule has 10 aromatic rings. The van der Waals surface area contributed by atoms with Crippen LogP contribution in [0.2, 0.25) is 10.0 Å². The standard InChI is InChI=1S/2C26H32N2.C22H36N2O.C19H25ClN2.C18H27ClN2/c1-21-8-12-23(13-9-21)16-18-27-20-26(25-6-4-3-5-7-25)28-19-17-24-14-10-22(2)11-15-24;1-22-14-16-24(17-15-22)18-20-28-26(25-12-6-3-7-13-25)21-27-19-8-11-23-9-4-2-5-10-23;1-16-6-7-19(25-5)14-17(16)9-11-23-12-13-24-20-15-18-8-10-22(20,4)21(18,2)3;1-16-5-4-6-17(15-16)9-11-21-13-14-22-12-10-18-7-2-3-8-19(18)20;1-2-14-21(17-8-4-5-9-17)15-13-20-12-11-16-7-3-6-10-18(16)19/h3-15,26-28H,16-20H2,1-2H3;2-7,9-10,12-17,26-28H,8,11,18-21H2,1H3;6-7,14,18,20,23-24H,8-13,15H2,1-5H3;2-8,15,21-22H,9-14H2,1H3;2-3,6-7,10,17,20H,1,4-5,8-9,11-15H2. The number of methoxy groups -OCH3 is 1. The van der Waals surface area contributed by atoms with Crippen LogP contribution in [0, 0.1) is 51.4 Å². The number of fused-ring (bicyclic) bond motifs is 2. The molecule has 9 N–H and O–H groups in total. The van der Waals surface area contributed by atoms with Gasteiger partial charge in [0.25, 0.3) is 0 Å². The van der Waals surface area contributed by atoms with Crippen molar-refractivity contribution in [3.63, 3.8) is 0 Å². The van der Waals surface area contributed by atoms with Crippen molar-refractivity contribution in [3.05, 3.63) is 361 Å². The number of hydrogen-bond acceptors (Lipinski definition) is 11. The summed E-state index contributed by atoms with van der Waals surface area (Å²) in [5.74, 6) is 1.87. The minimum atomic E-state index is 0.324. The van der Waals surface area contributed by atoms with Crippen LogP contribution in [0.15, 0.2) is 267 Å². The van der Waals surface area contributed by atoms with Crippen molar-refractivity contribution in [2.75, 3.05) is 118 Å². The first-order valence-corrected chi connectivity index (χ1v) is 47.5. The zero-order valence-electron chi connectivity index (χ0n) is 76.9. The van der Waals surface area contributed by atoms with E-state index in [0.29, 0.717) is 29.0 Å².